The molecule has 6 nitrogen and oxygen atoms in total. The predicted molar refractivity (Wildman–Crippen MR) is 81.3 cm³/mol. The quantitative estimate of drug-likeness (QED) is 0.654. The van der Waals surface area contributed by atoms with Gasteiger partial charge in [-0.25, -0.2) is 4.39 Å². The molecule has 0 heterocycles. The Balaban J connectivity index is 2.14. The third-order valence-electron chi connectivity index (χ3n) is 3.48. The van der Waals surface area contributed by atoms with E-state index in [1.165, 1.54) is 43.3 Å². The average Bonchev–Trinajstić information content (AvgIpc) is 2.53. The molecule has 2 N–H and O–H groups in total. The van der Waals surface area contributed by atoms with E-state index in [1.807, 2.05) is 0 Å². The average molecular weight is 318 g/mol. The summed E-state index contributed by atoms with van der Waals surface area (Å²) in [7, 11) is 0. The molecule has 0 unspecified atom stereocenters. The monoisotopic (exact) mass is 318 g/mol. The Bertz CT molecular complexity index is 762. The zero-order valence-electron chi connectivity index (χ0n) is 12.4. The highest BCUT2D eigenvalue weighted by Gasteiger charge is 2.17. The zero-order chi connectivity index (χ0) is 17.0. The molecule has 0 atom stereocenters. The second kappa shape index (κ2) is 6.97. The fourth-order valence-electron chi connectivity index (χ4n) is 2.20. The normalized spacial score (nSPS) is 10.4. The topological polar surface area (TPSA) is 92.5 Å². The van der Waals surface area contributed by atoms with Crippen LogP contribution in [0, 0.1) is 22.9 Å². The van der Waals surface area contributed by atoms with Gasteiger partial charge in [0.2, 0.25) is 0 Å². The molecule has 2 aromatic carbocycles. The maximum Gasteiger partial charge on any atom is 0.273 e. The number of carbonyl (C=O) groups is 1. The number of hydrogen-bond acceptors (Lipinski definition) is 4. The van der Waals surface area contributed by atoms with Gasteiger partial charge >= 0.3 is 0 Å². The van der Waals surface area contributed by atoms with Gasteiger partial charge in [0.25, 0.3) is 11.6 Å². The summed E-state index contributed by atoms with van der Waals surface area (Å²) >= 11 is 0. The summed E-state index contributed by atoms with van der Waals surface area (Å²) in [4.78, 5) is 22.5. The number of rotatable bonds is 5. The number of carbonyl (C=O) groups excluding carboxylic acids is 1. The van der Waals surface area contributed by atoms with Crippen molar-refractivity contribution in [3.8, 4) is 0 Å². The lowest BCUT2D eigenvalue weighted by Crippen LogP contribution is -2.24. The zero-order valence-corrected chi connectivity index (χ0v) is 12.4. The van der Waals surface area contributed by atoms with Crippen molar-refractivity contribution in [3.63, 3.8) is 0 Å². The molecule has 0 fully saturated rings. The van der Waals surface area contributed by atoms with E-state index in [-0.39, 0.29) is 28.9 Å². The first-order valence-corrected chi connectivity index (χ1v) is 6.84. The van der Waals surface area contributed by atoms with Gasteiger partial charge in [0, 0.05) is 29.3 Å². The van der Waals surface area contributed by atoms with Crippen LogP contribution in [0.5, 0.6) is 0 Å². The summed E-state index contributed by atoms with van der Waals surface area (Å²) < 4.78 is 13.3. The predicted octanol–water partition coefficient (Wildman–Crippen LogP) is 2.46. The molecule has 1 amide bonds. The SMILES string of the molecule is Cc1c(C(=O)NCc2ccc(F)c(CO)c2)cccc1[N+](=O)[O-]. The highest BCUT2D eigenvalue weighted by molar-refractivity contribution is 5.96. The molecule has 0 saturated carbocycles. The van der Waals surface area contributed by atoms with Crippen molar-refractivity contribution < 1.29 is 19.2 Å². The number of halogens is 1. The minimum absolute atomic E-state index is 0.119. The number of hydrogen-bond donors (Lipinski definition) is 2. The Morgan fingerprint density at radius 1 is 1.35 bits per heavy atom. The van der Waals surface area contributed by atoms with Crippen LogP contribution in [0.25, 0.3) is 0 Å². The molecule has 0 aliphatic carbocycles. The maximum atomic E-state index is 13.3. The van der Waals surface area contributed by atoms with E-state index in [0.29, 0.717) is 5.56 Å². The summed E-state index contributed by atoms with van der Waals surface area (Å²) in [5, 5.41) is 22.5. The Kier molecular flexibility index (Phi) is 5.02. The van der Waals surface area contributed by atoms with E-state index >= 15 is 0 Å². The second-order valence-corrected chi connectivity index (χ2v) is 4.97. The van der Waals surface area contributed by atoms with Gasteiger partial charge < -0.3 is 10.4 Å². The molecule has 0 saturated heterocycles. The van der Waals surface area contributed by atoms with Crippen molar-refractivity contribution in [3.05, 3.63) is 74.6 Å². The number of nitrogens with zero attached hydrogens (tertiary/aromatic N) is 1. The highest BCUT2D eigenvalue weighted by Crippen LogP contribution is 2.21. The smallest absolute Gasteiger partial charge is 0.273 e. The molecule has 120 valence electrons. The van der Waals surface area contributed by atoms with Crippen molar-refractivity contribution >= 4 is 11.6 Å². The maximum absolute atomic E-state index is 13.3. The van der Waals surface area contributed by atoms with Crippen molar-refractivity contribution in [1.29, 1.82) is 0 Å². The Hall–Kier alpha value is -2.80. The lowest BCUT2D eigenvalue weighted by molar-refractivity contribution is -0.385. The van der Waals surface area contributed by atoms with Crippen LogP contribution in [0.2, 0.25) is 0 Å². The van der Waals surface area contributed by atoms with Gasteiger partial charge in [-0.3, -0.25) is 14.9 Å². The number of nitro groups is 1. The fourth-order valence-corrected chi connectivity index (χ4v) is 2.20. The van der Waals surface area contributed by atoms with Crippen molar-refractivity contribution in [2.45, 2.75) is 20.1 Å². The molecule has 0 aliphatic rings. The lowest BCUT2D eigenvalue weighted by Gasteiger charge is -2.09. The van der Waals surface area contributed by atoms with Crippen LogP contribution in [0.1, 0.15) is 27.0 Å². The van der Waals surface area contributed by atoms with Gasteiger partial charge in [-0.15, -0.1) is 0 Å². The van der Waals surface area contributed by atoms with Crippen molar-refractivity contribution in [1.82, 2.24) is 5.32 Å². The fraction of sp³-hybridized carbons (Fsp3) is 0.188. The Morgan fingerprint density at radius 2 is 2.09 bits per heavy atom. The minimum Gasteiger partial charge on any atom is -0.392 e. The molecule has 0 spiro atoms. The third kappa shape index (κ3) is 3.70. The van der Waals surface area contributed by atoms with Crippen LogP contribution in [0.3, 0.4) is 0 Å². The highest BCUT2D eigenvalue weighted by atomic mass is 19.1. The van der Waals surface area contributed by atoms with Crippen LogP contribution in [0.15, 0.2) is 36.4 Å². The van der Waals surface area contributed by atoms with Gasteiger partial charge in [0.15, 0.2) is 0 Å². The van der Waals surface area contributed by atoms with Gasteiger partial charge in [0.05, 0.1) is 11.5 Å². The Morgan fingerprint density at radius 3 is 2.74 bits per heavy atom. The molecule has 2 rings (SSSR count). The first-order valence-electron chi connectivity index (χ1n) is 6.84. The van der Waals surface area contributed by atoms with E-state index in [1.54, 1.807) is 0 Å². The van der Waals surface area contributed by atoms with Crippen LogP contribution in [-0.2, 0) is 13.2 Å². The molecule has 0 radical (unpaired) electrons. The number of nitrogens with one attached hydrogen (secondary N) is 1. The molecule has 23 heavy (non-hydrogen) atoms. The molecular weight excluding hydrogens is 303 g/mol. The first kappa shape index (κ1) is 16.6. The minimum atomic E-state index is -0.542. The Labute approximate surface area is 131 Å². The number of aliphatic hydroxyl groups excluding tert-OH is 1. The van der Waals surface area contributed by atoms with Crippen LogP contribution in [-0.4, -0.2) is 15.9 Å². The van der Waals surface area contributed by atoms with Crippen LogP contribution in [0.4, 0.5) is 10.1 Å². The van der Waals surface area contributed by atoms with E-state index in [0.717, 1.165) is 0 Å². The number of nitro benzene ring substituents is 1. The van der Waals surface area contributed by atoms with E-state index in [9.17, 15) is 19.3 Å². The largest absolute Gasteiger partial charge is 0.392 e. The second-order valence-electron chi connectivity index (χ2n) is 4.97. The number of benzene rings is 2. The van der Waals surface area contributed by atoms with Crippen molar-refractivity contribution in [2.75, 3.05) is 0 Å². The summed E-state index contributed by atoms with van der Waals surface area (Å²) in [5.74, 6) is -0.974. The molecular formula is C16H15FN2O4. The number of amides is 1. The molecule has 0 bridgehead atoms. The van der Waals surface area contributed by atoms with Crippen LogP contribution < -0.4 is 5.32 Å². The summed E-state index contributed by atoms with van der Waals surface area (Å²) in [6.45, 7) is 1.20. The summed E-state index contributed by atoms with van der Waals surface area (Å²) in [6.07, 6.45) is 0. The van der Waals surface area contributed by atoms with E-state index in [4.69, 9.17) is 5.11 Å². The molecule has 2 aromatic rings. The molecule has 0 aromatic heterocycles. The standard InChI is InChI=1S/C16H15FN2O4/c1-10-13(3-2-4-15(10)19(22)23)16(21)18-8-11-5-6-14(17)12(7-11)9-20/h2-7,20H,8-9H2,1H3,(H,18,21). The van der Waals surface area contributed by atoms with Crippen molar-refractivity contribution in [2.24, 2.45) is 0 Å². The van der Waals surface area contributed by atoms with E-state index in [2.05, 4.69) is 5.32 Å². The van der Waals surface area contributed by atoms with Gasteiger partial charge in [-0.05, 0) is 30.7 Å². The van der Waals surface area contributed by atoms with Gasteiger partial charge in [0.1, 0.15) is 5.82 Å². The van der Waals surface area contributed by atoms with E-state index < -0.39 is 23.3 Å². The molecule has 0 aliphatic heterocycles. The first-order chi connectivity index (χ1) is 10.9. The van der Waals surface area contributed by atoms with Gasteiger partial charge in [-0.2, -0.15) is 0 Å². The summed E-state index contributed by atoms with van der Waals surface area (Å²) in [5.41, 5.74) is 1.13. The third-order valence-corrected chi connectivity index (χ3v) is 3.48. The van der Waals surface area contributed by atoms with Gasteiger partial charge in [-0.1, -0.05) is 12.1 Å². The lowest BCUT2D eigenvalue weighted by atomic mass is 10.1. The summed E-state index contributed by atoms with van der Waals surface area (Å²) in [6, 6.07) is 8.44. The number of aliphatic hydroxyl groups is 1. The van der Waals surface area contributed by atoms with Crippen LogP contribution >= 0.6 is 0 Å². The molecule has 7 heteroatoms.